The first-order valence-electron chi connectivity index (χ1n) is 14.1. The molecule has 0 saturated carbocycles. The number of rotatable bonds is 13. The Kier molecular flexibility index (Phi) is 11.2. The topological polar surface area (TPSA) is 154 Å². The summed E-state index contributed by atoms with van der Waals surface area (Å²) in [5, 5.41) is 14.5. The highest BCUT2D eigenvalue weighted by Crippen LogP contribution is 2.33. The molecule has 0 spiro atoms. The van der Waals surface area contributed by atoms with Crippen molar-refractivity contribution >= 4 is 35.1 Å². The summed E-state index contributed by atoms with van der Waals surface area (Å²) < 4.78 is 78.7. The minimum atomic E-state index is -4.83. The number of primary amides is 1. The van der Waals surface area contributed by atoms with Crippen LogP contribution < -0.4 is 21.3 Å². The molecule has 2 aromatic carbocycles. The SMILES string of the molecule is CC(C)(NCN1C(=O)[C@@H](NC(=O)[C@H](CCC(F)(F)F)[C@H](CCC(F)(F)F)C(N)=O)N=C(c2ccccc2)c2ccccc21)C(=O)O. The molecular formula is C30H33F6N5O5. The second-order valence-electron chi connectivity index (χ2n) is 11.2. The molecule has 3 atom stereocenters. The lowest BCUT2D eigenvalue weighted by Gasteiger charge is -2.30. The molecule has 10 nitrogen and oxygen atoms in total. The van der Waals surface area contributed by atoms with Crippen molar-refractivity contribution in [3.8, 4) is 0 Å². The number of hydrogen-bond donors (Lipinski definition) is 4. The highest BCUT2D eigenvalue weighted by Gasteiger charge is 2.42. The third-order valence-electron chi connectivity index (χ3n) is 7.41. The standard InChI is InChI=1S/C30H33F6N5O5/c1-28(2,27(45)46)38-16-41-21-11-7-6-10-20(21)22(17-8-4-3-5-9-17)39-24(26(41)44)40-25(43)19(13-15-30(34,35)36)18(23(37)42)12-14-29(31,32)33/h3-11,18-19,24,38H,12-16H2,1-2H3,(H2,37,42)(H,40,43)(H,45,46)/t18-,19+,24+/m0/s1. The van der Waals surface area contributed by atoms with E-state index in [0.29, 0.717) is 11.1 Å². The third-order valence-corrected chi connectivity index (χ3v) is 7.41. The Morgan fingerprint density at radius 3 is 2.00 bits per heavy atom. The smallest absolute Gasteiger partial charge is 0.389 e. The van der Waals surface area contributed by atoms with E-state index in [-0.39, 0.29) is 11.4 Å². The van der Waals surface area contributed by atoms with Crippen LogP contribution in [0.25, 0.3) is 0 Å². The van der Waals surface area contributed by atoms with Gasteiger partial charge in [-0.3, -0.25) is 29.4 Å². The van der Waals surface area contributed by atoms with E-state index >= 15 is 0 Å². The predicted octanol–water partition coefficient (Wildman–Crippen LogP) is 4.13. The number of nitrogens with one attached hydrogen (secondary N) is 2. The monoisotopic (exact) mass is 657 g/mol. The molecule has 5 N–H and O–H groups in total. The number of anilines is 1. The Morgan fingerprint density at radius 2 is 1.46 bits per heavy atom. The number of nitrogens with two attached hydrogens (primary N) is 1. The van der Waals surface area contributed by atoms with E-state index in [9.17, 15) is 50.6 Å². The summed E-state index contributed by atoms with van der Waals surface area (Å²) >= 11 is 0. The van der Waals surface area contributed by atoms with Crippen molar-refractivity contribution in [3.63, 3.8) is 0 Å². The van der Waals surface area contributed by atoms with E-state index in [4.69, 9.17) is 5.73 Å². The van der Waals surface area contributed by atoms with Gasteiger partial charge in [-0.2, -0.15) is 26.3 Å². The average Bonchev–Trinajstić information content (AvgIpc) is 3.07. The fraction of sp³-hybridized carbons (Fsp3) is 0.433. The van der Waals surface area contributed by atoms with E-state index in [1.165, 1.54) is 19.9 Å². The Bertz CT molecular complexity index is 1460. The number of benzene rings is 2. The summed E-state index contributed by atoms with van der Waals surface area (Å²) in [6.07, 6.45) is -16.8. The number of para-hydroxylation sites is 1. The Morgan fingerprint density at radius 1 is 0.913 bits per heavy atom. The fourth-order valence-corrected chi connectivity index (χ4v) is 4.80. The Balaban J connectivity index is 2.10. The van der Waals surface area contributed by atoms with Gasteiger partial charge in [0.15, 0.2) is 0 Å². The van der Waals surface area contributed by atoms with E-state index in [0.717, 1.165) is 4.90 Å². The number of carbonyl (C=O) groups excluding carboxylic acids is 3. The van der Waals surface area contributed by atoms with Gasteiger partial charge in [0.25, 0.3) is 5.91 Å². The van der Waals surface area contributed by atoms with Gasteiger partial charge in [-0.05, 0) is 32.8 Å². The van der Waals surface area contributed by atoms with Crippen molar-refractivity contribution in [2.75, 3.05) is 11.6 Å². The number of amides is 3. The number of hydrogen-bond acceptors (Lipinski definition) is 6. The molecule has 0 aromatic heterocycles. The van der Waals surface area contributed by atoms with Crippen LogP contribution in [0.15, 0.2) is 59.6 Å². The van der Waals surface area contributed by atoms with Gasteiger partial charge in [-0.1, -0.05) is 48.5 Å². The number of aliphatic imine (C=N–C) groups is 1. The zero-order valence-corrected chi connectivity index (χ0v) is 24.8. The van der Waals surface area contributed by atoms with Gasteiger partial charge in [0, 0.05) is 35.8 Å². The van der Waals surface area contributed by atoms with Crippen LogP contribution in [0, 0.1) is 11.8 Å². The number of halogens is 6. The van der Waals surface area contributed by atoms with Crippen molar-refractivity contribution < 1.29 is 50.6 Å². The summed E-state index contributed by atoms with van der Waals surface area (Å²) in [6.45, 7) is 2.25. The van der Waals surface area contributed by atoms with Crippen LogP contribution in [0.5, 0.6) is 0 Å². The highest BCUT2D eigenvalue weighted by molar-refractivity contribution is 6.20. The molecule has 0 saturated heterocycles. The molecule has 2 aromatic rings. The second-order valence-corrected chi connectivity index (χ2v) is 11.2. The fourth-order valence-electron chi connectivity index (χ4n) is 4.80. The first kappa shape index (κ1) is 36.0. The molecule has 0 aliphatic carbocycles. The summed E-state index contributed by atoms with van der Waals surface area (Å²) in [5.41, 5.74) is 5.01. The van der Waals surface area contributed by atoms with Crippen molar-refractivity contribution in [1.82, 2.24) is 10.6 Å². The molecule has 16 heteroatoms. The number of nitrogens with zero attached hydrogens (tertiary/aromatic N) is 2. The van der Waals surface area contributed by atoms with Crippen LogP contribution in [-0.4, -0.2) is 65.2 Å². The predicted molar refractivity (Wildman–Crippen MR) is 154 cm³/mol. The normalized spacial score (nSPS) is 17.0. The first-order chi connectivity index (χ1) is 21.3. The van der Waals surface area contributed by atoms with E-state index < -0.39 is 91.9 Å². The maximum Gasteiger partial charge on any atom is 0.389 e. The van der Waals surface area contributed by atoms with Gasteiger partial charge in [0.05, 0.1) is 18.1 Å². The largest absolute Gasteiger partial charge is 0.480 e. The molecule has 0 bridgehead atoms. The van der Waals surface area contributed by atoms with E-state index in [1.807, 2.05) is 0 Å². The van der Waals surface area contributed by atoms with Gasteiger partial charge < -0.3 is 16.2 Å². The van der Waals surface area contributed by atoms with Crippen LogP contribution in [0.3, 0.4) is 0 Å². The Labute approximate surface area is 260 Å². The average molecular weight is 658 g/mol. The molecule has 3 rings (SSSR count). The summed E-state index contributed by atoms with van der Waals surface area (Å²) in [7, 11) is 0. The number of alkyl halides is 6. The van der Waals surface area contributed by atoms with Gasteiger partial charge in [0.2, 0.25) is 18.0 Å². The third kappa shape index (κ3) is 9.52. The van der Waals surface area contributed by atoms with Crippen LogP contribution in [0.4, 0.5) is 32.0 Å². The highest BCUT2D eigenvalue weighted by atomic mass is 19.4. The zero-order valence-electron chi connectivity index (χ0n) is 24.8. The second kappa shape index (κ2) is 14.3. The maximum atomic E-state index is 14.0. The van der Waals surface area contributed by atoms with Crippen LogP contribution in [0.1, 0.15) is 50.7 Å². The molecule has 1 aliphatic rings. The van der Waals surface area contributed by atoms with Crippen molar-refractivity contribution in [1.29, 1.82) is 0 Å². The molecule has 1 heterocycles. The van der Waals surface area contributed by atoms with E-state index in [2.05, 4.69) is 15.6 Å². The molecular weight excluding hydrogens is 624 g/mol. The van der Waals surface area contributed by atoms with Gasteiger partial charge >= 0.3 is 18.3 Å². The lowest BCUT2D eigenvalue weighted by atomic mass is 9.83. The van der Waals surface area contributed by atoms with Crippen LogP contribution in [-0.2, 0) is 19.2 Å². The zero-order chi connectivity index (χ0) is 34.4. The lowest BCUT2D eigenvalue weighted by Crippen LogP contribution is -2.56. The summed E-state index contributed by atoms with van der Waals surface area (Å²) in [5.74, 6) is -8.89. The van der Waals surface area contributed by atoms with Gasteiger partial charge in [-0.25, -0.2) is 4.99 Å². The van der Waals surface area contributed by atoms with Crippen molar-refractivity contribution in [3.05, 3.63) is 65.7 Å². The minimum Gasteiger partial charge on any atom is -0.480 e. The number of fused-ring (bicyclic) bond motifs is 1. The number of carbonyl (C=O) groups is 4. The van der Waals surface area contributed by atoms with Gasteiger partial charge in [0.1, 0.15) is 5.54 Å². The lowest BCUT2D eigenvalue weighted by molar-refractivity contribution is -0.152. The summed E-state index contributed by atoms with van der Waals surface area (Å²) in [6, 6.07) is 14.7. The number of carboxylic acid groups (broad SMARTS) is 1. The number of carboxylic acids is 1. The van der Waals surface area contributed by atoms with Gasteiger partial charge in [-0.15, -0.1) is 0 Å². The Hall–Kier alpha value is -4.47. The number of aliphatic carboxylic acids is 1. The molecule has 0 fully saturated rings. The molecule has 0 unspecified atom stereocenters. The molecule has 0 radical (unpaired) electrons. The van der Waals surface area contributed by atoms with Crippen molar-refractivity contribution in [2.45, 2.75) is 63.6 Å². The minimum absolute atomic E-state index is 0.171. The summed E-state index contributed by atoms with van der Waals surface area (Å²) in [4.78, 5) is 57.1. The van der Waals surface area contributed by atoms with Crippen molar-refractivity contribution in [2.24, 2.45) is 22.6 Å². The number of benzodiazepines with no additional fused rings is 1. The maximum absolute atomic E-state index is 14.0. The molecule has 3 amide bonds. The van der Waals surface area contributed by atoms with E-state index in [1.54, 1.807) is 48.5 Å². The van der Waals surface area contributed by atoms with Crippen LogP contribution in [0.2, 0.25) is 0 Å². The first-order valence-corrected chi connectivity index (χ1v) is 14.1. The molecule has 46 heavy (non-hydrogen) atoms. The van der Waals surface area contributed by atoms with Crippen LogP contribution >= 0.6 is 0 Å². The molecule has 250 valence electrons. The quantitative estimate of drug-likeness (QED) is 0.238. The molecule has 1 aliphatic heterocycles.